The lowest BCUT2D eigenvalue weighted by Gasteiger charge is -2.43. The Balaban J connectivity index is 1.63. The predicted molar refractivity (Wildman–Crippen MR) is 102 cm³/mol. The normalized spacial score (nSPS) is 27.7. The zero-order valence-corrected chi connectivity index (χ0v) is 15.6. The van der Waals surface area contributed by atoms with Crippen LogP contribution in [0.1, 0.15) is 36.0 Å². The maximum atomic E-state index is 13.4. The van der Waals surface area contributed by atoms with Crippen molar-refractivity contribution in [2.75, 3.05) is 26.9 Å². The van der Waals surface area contributed by atoms with E-state index >= 15 is 0 Å². The van der Waals surface area contributed by atoms with Gasteiger partial charge in [-0.1, -0.05) is 18.2 Å². The summed E-state index contributed by atoms with van der Waals surface area (Å²) in [6.45, 7) is 1.02. The fraction of sp³-hybridized carbons (Fsp3) is 0.524. The Hall–Kier alpha value is -2.02. The third-order valence-corrected chi connectivity index (χ3v) is 6.11. The molecule has 4 rings (SSSR count). The first-order chi connectivity index (χ1) is 13.2. The van der Waals surface area contributed by atoms with Gasteiger partial charge in [0.25, 0.3) is 5.91 Å². The van der Waals surface area contributed by atoms with Crippen LogP contribution in [0, 0.1) is 0 Å². The fourth-order valence-electron chi connectivity index (χ4n) is 4.71. The molecule has 1 aliphatic carbocycles. The molecule has 1 aromatic carbocycles. The molecule has 2 aliphatic rings. The van der Waals surface area contributed by atoms with E-state index in [4.69, 9.17) is 14.6 Å². The van der Waals surface area contributed by atoms with Gasteiger partial charge in [-0.3, -0.25) is 9.78 Å². The van der Waals surface area contributed by atoms with E-state index in [-0.39, 0.29) is 30.3 Å². The van der Waals surface area contributed by atoms with Crippen molar-refractivity contribution < 1.29 is 19.4 Å². The van der Waals surface area contributed by atoms with Crippen molar-refractivity contribution in [1.82, 2.24) is 9.88 Å². The lowest BCUT2D eigenvalue weighted by atomic mass is 9.79. The number of pyridine rings is 1. The second kappa shape index (κ2) is 7.54. The molecule has 2 aromatic rings. The summed E-state index contributed by atoms with van der Waals surface area (Å²) in [7, 11) is 1.75. The highest BCUT2D eigenvalue weighted by atomic mass is 16.5. The maximum absolute atomic E-state index is 13.4. The highest BCUT2D eigenvalue weighted by Gasteiger charge is 2.52. The number of aliphatic hydroxyl groups excluding tert-OH is 1. The average Bonchev–Trinajstić information content (AvgIpc) is 3.10. The monoisotopic (exact) mass is 370 g/mol. The van der Waals surface area contributed by atoms with Gasteiger partial charge in [0.05, 0.1) is 42.0 Å². The van der Waals surface area contributed by atoms with Crippen LogP contribution in [0.4, 0.5) is 0 Å². The van der Waals surface area contributed by atoms with Gasteiger partial charge >= 0.3 is 0 Å². The van der Waals surface area contributed by atoms with Crippen molar-refractivity contribution >= 4 is 16.8 Å². The quantitative estimate of drug-likeness (QED) is 0.875. The summed E-state index contributed by atoms with van der Waals surface area (Å²) in [4.78, 5) is 19.8. The number of likely N-dealkylation sites (tertiary alicyclic amines) is 1. The Labute approximate surface area is 159 Å². The minimum absolute atomic E-state index is 0.00559. The summed E-state index contributed by atoms with van der Waals surface area (Å²) in [5, 5.41) is 10.0. The molecular formula is C21H26N2O4. The van der Waals surface area contributed by atoms with Crippen LogP contribution in [0.15, 0.2) is 36.5 Å². The molecule has 1 aliphatic heterocycles. The van der Waals surface area contributed by atoms with Crippen LogP contribution in [-0.2, 0) is 9.47 Å². The molecule has 6 nitrogen and oxygen atoms in total. The zero-order valence-electron chi connectivity index (χ0n) is 15.6. The Bertz CT molecular complexity index is 821. The molecular weight excluding hydrogens is 344 g/mol. The molecule has 144 valence electrons. The number of amides is 1. The Morgan fingerprint density at radius 2 is 2.19 bits per heavy atom. The number of carbonyl (C=O) groups excluding carboxylic acids is 1. The molecule has 1 saturated heterocycles. The third-order valence-electron chi connectivity index (χ3n) is 6.11. The van der Waals surface area contributed by atoms with Gasteiger partial charge in [0.1, 0.15) is 0 Å². The van der Waals surface area contributed by atoms with Gasteiger partial charge in [-0.15, -0.1) is 0 Å². The van der Waals surface area contributed by atoms with Crippen molar-refractivity contribution in [3.8, 4) is 0 Å². The van der Waals surface area contributed by atoms with Gasteiger partial charge in [0.2, 0.25) is 0 Å². The molecule has 1 amide bonds. The molecule has 0 bridgehead atoms. The van der Waals surface area contributed by atoms with Crippen molar-refractivity contribution in [2.45, 2.75) is 43.4 Å². The molecule has 1 saturated carbocycles. The number of rotatable bonds is 5. The van der Waals surface area contributed by atoms with E-state index in [0.717, 1.165) is 36.6 Å². The van der Waals surface area contributed by atoms with Crippen LogP contribution in [0.25, 0.3) is 10.9 Å². The molecule has 1 aromatic heterocycles. The molecule has 6 heteroatoms. The van der Waals surface area contributed by atoms with Gasteiger partial charge in [0.15, 0.2) is 0 Å². The van der Waals surface area contributed by atoms with Crippen molar-refractivity contribution in [3.63, 3.8) is 0 Å². The number of para-hydroxylation sites is 1. The number of hydrogen-bond acceptors (Lipinski definition) is 5. The van der Waals surface area contributed by atoms with Crippen LogP contribution in [0.3, 0.4) is 0 Å². The summed E-state index contributed by atoms with van der Waals surface area (Å²) in [5.41, 5.74) is 1.08. The smallest absolute Gasteiger partial charge is 0.256 e. The van der Waals surface area contributed by atoms with Crippen molar-refractivity contribution in [2.24, 2.45) is 0 Å². The summed E-state index contributed by atoms with van der Waals surface area (Å²) in [6.07, 6.45) is 5.10. The minimum atomic E-state index is -0.299. The molecule has 0 spiro atoms. The second-order valence-corrected chi connectivity index (χ2v) is 7.40. The van der Waals surface area contributed by atoms with E-state index in [9.17, 15) is 4.79 Å². The molecule has 1 N–H and O–H groups in total. The number of fused-ring (bicyclic) bond motifs is 2. The average molecular weight is 370 g/mol. The zero-order chi connectivity index (χ0) is 18.9. The van der Waals surface area contributed by atoms with Gasteiger partial charge < -0.3 is 19.5 Å². The maximum Gasteiger partial charge on any atom is 0.256 e. The van der Waals surface area contributed by atoms with Gasteiger partial charge in [-0.2, -0.15) is 0 Å². The lowest BCUT2D eigenvalue weighted by molar-refractivity contribution is -0.0991. The van der Waals surface area contributed by atoms with Crippen molar-refractivity contribution in [1.29, 1.82) is 0 Å². The minimum Gasteiger partial charge on any atom is -0.394 e. The first-order valence-corrected chi connectivity index (χ1v) is 9.61. The number of carbonyl (C=O) groups is 1. The molecule has 2 fully saturated rings. The third kappa shape index (κ3) is 3.22. The summed E-state index contributed by atoms with van der Waals surface area (Å²) >= 11 is 0. The SMILES string of the molecule is CO[C@@]12CC[C@H](OCCO)C[C@@H]1N(C(=O)c1cccc3cccnc13)CC2. The Kier molecular flexibility index (Phi) is 5.12. The molecule has 0 radical (unpaired) electrons. The van der Waals surface area contributed by atoms with Crippen LogP contribution >= 0.6 is 0 Å². The number of nitrogens with zero attached hydrogens (tertiary/aromatic N) is 2. The van der Waals surface area contributed by atoms with E-state index in [0.29, 0.717) is 18.7 Å². The van der Waals surface area contributed by atoms with Crippen LogP contribution < -0.4 is 0 Å². The number of benzene rings is 1. The lowest BCUT2D eigenvalue weighted by Crippen LogP contribution is -2.53. The number of methoxy groups -OCH3 is 1. The highest BCUT2D eigenvalue weighted by Crippen LogP contribution is 2.43. The van der Waals surface area contributed by atoms with Crippen LogP contribution in [0.2, 0.25) is 0 Å². The van der Waals surface area contributed by atoms with Crippen LogP contribution in [-0.4, -0.2) is 65.5 Å². The standard InChI is InChI=1S/C21H26N2O4/c1-26-21-8-7-16(27-13-12-24)14-18(21)23(11-9-21)20(25)17-6-2-4-15-5-3-10-22-19(15)17/h2-6,10,16,18,24H,7-9,11-14H2,1H3/t16-,18-,21+/m0/s1. The summed E-state index contributed by atoms with van der Waals surface area (Å²) < 4.78 is 11.7. The van der Waals surface area contributed by atoms with E-state index in [2.05, 4.69) is 4.98 Å². The second-order valence-electron chi connectivity index (χ2n) is 7.40. The first-order valence-electron chi connectivity index (χ1n) is 9.61. The highest BCUT2D eigenvalue weighted by molar-refractivity contribution is 6.05. The number of aromatic nitrogens is 1. The molecule has 0 unspecified atom stereocenters. The largest absolute Gasteiger partial charge is 0.394 e. The number of aliphatic hydroxyl groups is 1. The molecule has 2 heterocycles. The topological polar surface area (TPSA) is 71.9 Å². The van der Waals surface area contributed by atoms with Gasteiger partial charge in [-0.25, -0.2) is 0 Å². The predicted octanol–water partition coefficient (Wildman–Crippen LogP) is 2.40. The first kappa shape index (κ1) is 18.3. The van der Waals surface area contributed by atoms with Gasteiger partial charge in [0, 0.05) is 25.2 Å². The van der Waals surface area contributed by atoms with E-state index in [1.807, 2.05) is 35.2 Å². The van der Waals surface area contributed by atoms with Crippen LogP contribution in [0.5, 0.6) is 0 Å². The van der Waals surface area contributed by atoms with E-state index in [1.54, 1.807) is 13.3 Å². The van der Waals surface area contributed by atoms with Crippen molar-refractivity contribution in [3.05, 3.63) is 42.1 Å². The summed E-state index contributed by atoms with van der Waals surface area (Å²) in [6, 6.07) is 9.57. The van der Waals surface area contributed by atoms with Gasteiger partial charge in [-0.05, 0) is 37.8 Å². The van der Waals surface area contributed by atoms with E-state index in [1.165, 1.54) is 0 Å². The Morgan fingerprint density at radius 1 is 1.33 bits per heavy atom. The number of ether oxygens (including phenoxy) is 2. The van der Waals surface area contributed by atoms with E-state index < -0.39 is 0 Å². The molecule has 3 atom stereocenters. The molecule has 27 heavy (non-hydrogen) atoms. The summed E-state index contributed by atoms with van der Waals surface area (Å²) in [5.74, 6) is 0.00559. The Morgan fingerprint density at radius 3 is 3.00 bits per heavy atom. The fourth-order valence-corrected chi connectivity index (χ4v) is 4.71. The number of hydrogen-bond donors (Lipinski definition) is 1.